The zero-order valence-corrected chi connectivity index (χ0v) is 8.45. The van der Waals surface area contributed by atoms with Crippen molar-refractivity contribution in [2.45, 2.75) is 18.4 Å². The Balaban J connectivity index is 3.29. The molecular formula is C10H10F4O3. The third-order valence-electron chi connectivity index (χ3n) is 2.20. The van der Waals surface area contributed by atoms with E-state index in [1.807, 2.05) is 0 Å². The maximum Gasteiger partial charge on any atom is 0.419 e. The molecule has 0 radical (unpaired) electrons. The summed E-state index contributed by atoms with van der Waals surface area (Å²) < 4.78 is 50.7. The first kappa shape index (κ1) is 13.9. The van der Waals surface area contributed by atoms with Crippen LogP contribution in [-0.2, 0) is 6.18 Å². The fourth-order valence-corrected chi connectivity index (χ4v) is 1.39. The molecule has 0 bridgehead atoms. The summed E-state index contributed by atoms with van der Waals surface area (Å²) in [6.45, 7) is -0.936. The van der Waals surface area contributed by atoms with Gasteiger partial charge >= 0.3 is 6.18 Å². The zero-order chi connectivity index (χ0) is 13.2. The summed E-state index contributed by atoms with van der Waals surface area (Å²) in [7, 11) is 0. The van der Waals surface area contributed by atoms with E-state index in [0.717, 1.165) is 12.1 Å². The Hall–Kier alpha value is -1.18. The van der Waals surface area contributed by atoms with Crippen molar-refractivity contribution in [3.05, 3.63) is 35.1 Å². The van der Waals surface area contributed by atoms with Gasteiger partial charge in [0.05, 0.1) is 12.2 Å². The van der Waals surface area contributed by atoms with Gasteiger partial charge in [-0.2, -0.15) is 13.2 Å². The minimum absolute atomic E-state index is 0.602. The van der Waals surface area contributed by atoms with E-state index in [9.17, 15) is 22.7 Å². The van der Waals surface area contributed by atoms with E-state index in [0.29, 0.717) is 6.07 Å². The van der Waals surface area contributed by atoms with Gasteiger partial charge in [-0.1, -0.05) is 12.1 Å². The summed E-state index contributed by atoms with van der Waals surface area (Å²) in [5.41, 5.74) is -2.45. The fraction of sp³-hybridized carbons (Fsp3) is 0.400. The van der Waals surface area contributed by atoms with E-state index in [2.05, 4.69) is 0 Å². The van der Waals surface area contributed by atoms with Gasteiger partial charge in [0.15, 0.2) is 0 Å². The molecule has 2 unspecified atom stereocenters. The minimum Gasteiger partial charge on any atom is -0.394 e. The SMILES string of the molecule is OCC(O)C(O)c1cccc(F)c1C(F)(F)F. The van der Waals surface area contributed by atoms with Crippen LogP contribution in [0.25, 0.3) is 0 Å². The fourth-order valence-electron chi connectivity index (χ4n) is 1.39. The molecule has 0 saturated heterocycles. The van der Waals surface area contributed by atoms with E-state index in [4.69, 9.17) is 10.2 Å². The Morgan fingerprint density at radius 3 is 2.24 bits per heavy atom. The number of rotatable bonds is 3. The van der Waals surface area contributed by atoms with Crippen LogP contribution in [0.2, 0.25) is 0 Å². The molecule has 0 aliphatic carbocycles. The molecule has 3 N–H and O–H groups in total. The highest BCUT2D eigenvalue weighted by Crippen LogP contribution is 2.37. The molecule has 0 fully saturated rings. The number of hydrogen-bond donors (Lipinski definition) is 3. The van der Waals surface area contributed by atoms with E-state index >= 15 is 0 Å². The first-order chi connectivity index (χ1) is 7.79. The minimum atomic E-state index is -4.99. The molecule has 1 aromatic carbocycles. The lowest BCUT2D eigenvalue weighted by atomic mass is 9.98. The Labute approximate surface area is 93.9 Å². The zero-order valence-electron chi connectivity index (χ0n) is 8.45. The van der Waals surface area contributed by atoms with Crippen LogP contribution >= 0.6 is 0 Å². The van der Waals surface area contributed by atoms with Gasteiger partial charge in [0, 0.05) is 0 Å². The summed E-state index contributed by atoms with van der Waals surface area (Å²) in [6.07, 6.45) is -8.80. The van der Waals surface area contributed by atoms with Crippen LogP contribution in [0.15, 0.2) is 18.2 Å². The van der Waals surface area contributed by atoms with E-state index in [-0.39, 0.29) is 0 Å². The molecule has 0 aliphatic rings. The molecule has 0 aliphatic heterocycles. The number of halogens is 4. The predicted octanol–water partition coefficient (Wildman–Crippen LogP) is 1.23. The molecular weight excluding hydrogens is 244 g/mol. The monoisotopic (exact) mass is 254 g/mol. The van der Waals surface area contributed by atoms with Gasteiger partial charge in [-0.15, -0.1) is 0 Å². The van der Waals surface area contributed by atoms with Crippen LogP contribution in [0, 0.1) is 5.82 Å². The van der Waals surface area contributed by atoms with Crippen molar-refractivity contribution in [1.29, 1.82) is 0 Å². The largest absolute Gasteiger partial charge is 0.419 e. The van der Waals surface area contributed by atoms with Crippen LogP contribution in [-0.4, -0.2) is 28.0 Å². The molecule has 17 heavy (non-hydrogen) atoms. The molecule has 2 atom stereocenters. The summed E-state index contributed by atoms with van der Waals surface area (Å²) in [4.78, 5) is 0. The van der Waals surface area contributed by atoms with Gasteiger partial charge in [-0.05, 0) is 11.6 Å². The molecule has 7 heteroatoms. The average Bonchev–Trinajstić information content (AvgIpc) is 2.24. The van der Waals surface area contributed by atoms with E-state index in [1.165, 1.54) is 0 Å². The summed E-state index contributed by atoms with van der Waals surface area (Å²) in [6, 6.07) is 2.42. The summed E-state index contributed by atoms with van der Waals surface area (Å²) in [5.74, 6) is -1.54. The normalized spacial score (nSPS) is 15.7. The highest BCUT2D eigenvalue weighted by molar-refractivity contribution is 5.33. The summed E-state index contributed by atoms with van der Waals surface area (Å²) in [5, 5.41) is 27.0. The van der Waals surface area contributed by atoms with Gasteiger partial charge in [-0.3, -0.25) is 0 Å². The lowest BCUT2D eigenvalue weighted by Gasteiger charge is -2.20. The molecule has 3 nitrogen and oxygen atoms in total. The van der Waals surface area contributed by atoms with Crippen LogP contribution < -0.4 is 0 Å². The second kappa shape index (κ2) is 4.99. The van der Waals surface area contributed by atoms with Gasteiger partial charge < -0.3 is 15.3 Å². The van der Waals surface area contributed by atoms with Crippen molar-refractivity contribution in [3.63, 3.8) is 0 Å². The van der Waals surface area contributed by atoms with Crippen LogP contribution in [0.4, 0.5) is 17.6 Å². The maximum absolute atomic E-state index is 13.1. The number of hydrogen-bond acceptors (Lipinski definition) is 3. The lowest BCUT2D eigenvalue weighted by molar-refractivity contribution is -0.142. The summed E-state index contributed by atoms with van der Waals surface area (Å²) >= 11 is 0. The van der Waals surface area contributed by atoms with E-state index in [1.54, 1.807) is 0 Å². The highest BCUT2D eigenvalue weighted by Gasteiger charge is 2.39. The quantitative estimate of drug-likeness (QED) is 0.711. The smallest absolute Gasteiger partial charge is 0.394 e. The third kappa shape index (κ3) is 2.93. The van der Waals surface area contributed by atoms with Gasteiger partial charge in [0.1, 0.15) is 18.0 Å². The molecule has 0 spiro atoms. The highest BCUT2D eigenvalue weighted by atomic mass is 19.4. The first-order valence-corrected chi connectivity index (χ1v) is 4.61. The Morgan fingerprint density at radius 2 is 1.76 bits per heavy atom. The van der Waals surface area contributed by atoms with Gasteiger partial charge in [0.2, 0.25) is 0 Å². The number of alkyl halides is 3. The maximum atomic E-state index is 13.1. The topological polar surface area (TPSA) is 60.7 Å². The molecule has 96 valence electrons. The van der Waals surface area contributed by atoms with Crippen LogP contribution in [0.3, 0.4) is 0 Å². The lowest BCUT2D eigenvalue weighted by Crippen LogP contribution is -2.25. The third-order valence-corrected chi connectivity index (χ3v) is 2.20. The van der Waals surface area contributed by atoms with Crippen molar-refractivity contribution < 1.29 is 32.9 Å². The average molecular weight is 254 g/mol. The van der Waals surface area contributed by atoms with Crippen molar-refractivity contribution in [2.75, 3.05) is 6.61 Å². The van der Waals surface area contributed by atoms with Crippen molar-refractivity contribution in [2.24, 2.45) is 0 Å². The van der Waals surface area contributed by atoms with Crippen molar-refractivity contribution in [1.82, 2.24) is 0 Å². The molecule has 1 rings (SSSR count). The van der Waals surface area contributed by atoms with E-state index < -0.39 is 41.9 Å². The molecule has 1 aromatic rings. The van der Waals surface area contributed by atoms with Crippen LogP contribution in [0.5, 0.6) is 0 Å². The Bertz CT molecular complexity index is 392. The van der Waals surface area contributed by atoms with Crippen molar-refractivity contribution in [3.8, 4) is 0 Å². The first-order valence-electron chi connectivity index (χ1n) is 4.61. The van der Waals surface area contributed by atoms with Gasteiger partial charge in [-0.25, -0.2) is 4.39 Å². The van der Waals surface area contributed by atoms with Crippen LogP contribution in [0.1, 0.15) is 17.2 Å². The molecule has 0 aromatic heterocycles. The second-order valence-corrected chi connectivity index (χ2v) is 3.40. The Kier molecular flexibility index (Phi) is 4.07. The van der Waals surface area contributed by atoms with Crippen molar-refractivity contribution >= 4 is 0 Å². The van der Waals surface area contributed by atoms with Gasteiger partial charge in [0.25, 0.3) is 0 Å². The molecule has 0 saturated carbocycles. The number of aliphatic hydroxyl groups excluding tert-OH is 3. The number of aliphatic hydroxyl groups is 3. The number of benzene rings is 1. The second-order valence-electron chi connectivity index (χ2n) is 3.40. The standard InChI is InChI=1S/C10H10F4O3/c11-6-3-1-2-5(8(6)10(12,13)14)9(17)7(16)4-15/h1-3,7,9,15-17H,4H2. The molecule has 0 heterocycles. The molecule has 0 amide bonds. The predicted molar refractivity (Wildman–Crippen MR) is 49.5 cm³/mol. The Morgan fingerprint density at radius 1 is 1.18 bits per heavy atom.